The first-order chi connectivity index (χ1) is 19.2. The summed E-state index contributed by atoms with van der Waals surface area (Å²) in [4.78, 5) is 31.2. The summed E-state index contributed by atoms with van der Waals surface area (Å²) in [5, 5.41) is 27.1. The monoisotopic (exact) mass is 534 g/mol. The van der Waals surface area contributed by atoms with Crippen LogP contribution in [0.25, 0.3) is 0 Å². The third-order valence-corrected chi connectivity index (χ3v) is 9.44. The van der Waals surface area contributed by atoms with Crippen molar-refractivity contribution in [3.05, 3.63) is 119 Å². The molecular formula is C34H34N2O4. The largest absolute Gasteiger partial charge is 0.387 e. The van der Waals surface area contributed by atoms with Gasteiger partial charge in [0.05, 0.1) is 22.6 Å². The molecule has 0 spiro atoms. The van der Waals surface area contributed by atoms with E-state index in [-0.39, 0.29) is 42.8 Å². The number of hydrogen-bond donors (Lipinski definition) is 3. The Balaban J connectivity index is 1.45. The van der Waals surface area contributed by atoms with E-state index in [9.17, 15) is 19.8 Å². The Morgan fingerprint density at radius 1 is 1.05 bits per heavy atom. The topological polar surface area (TPSA) is 99.5 Å². The third-order valence-electron chi connectivity index (χ3n) is 9.44. The highest BCUT2D eigenvalue weighted by Gasteiger charge is 2.64. The molecule has 1 saturated carbocycles. The van der Waals surface area contributed by atoms with Gasteiger partial charge in [0.2, 0.25) is 0 Å². The number of aromatic nitrogens is 1. The second kappa shape index (κ2) is 9.65. The Kier molecular flexibility index (Phi) is 6.36. The van der Waals surface area contributed by atoms with E-state index in [1.54, 1.807) is 37.4 Å². The number of aryl methyl sites for hydroxylation is 1. The molecule has 0 radical (unpaired) electrons. The summed E-state index contributed by atoms with van der Waals surface area (Å²) < 4.78 is 0. The molecule has 3 aliphatic carbocycles. The molecular weight excluding hydrogens is 500 g/mol. The van der Waals surface area contributed by atoms with E-state index in [0.29, 0.717) is 28.9 Å². The van der Waals surface area contributed by atoms with Gasteiger partial charge < -0.3 is 15.5 Å². The van der Waals surface area contributed by atoms with Crippen molar-refractivity contribution in [1.29, 1.82) is 0 Å². The first kappa shape index (κ1) is 26.4. The molecule has 6 rings (SSSR count). The van der Waals surface area contributed by atoms with Crippen LogP contribution in [0, 0.1) is 18.8 Å². The van der Waals surface area contributed by atoms with Crippen molar-refractivity contribution >= 4 is 17.4 Å². The Labute approximate surface area is 234 Å². The molecule has 0 bridgehead atoms. The molecule has 5 atom stereocenters. The number of Topliss-reactive ketones (excluding diaryl/α,β-unsaturated/α-hetero) is 1. The fourth-order valence-electron chi connectivity index (χ4n) is 7.34. The summed E-state index contributed by atoms with van der Waals surface area (Å²) in [6, 6.07) is 18.9. The van der Waals surface area contributed by atoms with Crippen LogP contribution in [0.1, 0.15) is 70.1 Å². The average Bonchev–Trinajstić information content (AvgIpc) is 2.96. The summed E-state index contributed by atoms with van der Waals surface area (Å²) in [6.45, 7) is 3.56. The molecule has 40 heavy (non-hydrogen) atoms. The number of fused-ring (bicyclic) bond motifs is 3. The van der Waals surface area contributed by atoms with E-state index >= 15 is 0 Å². The van der Waals surface area contributed by atoms with E-state index in [1.807, 2.05) is 67.6 Å². The number of nitrogens with one attached hydrogen (secondary N) is 1. The van der Waals surface area contributed by atoms with Gasteiger partial charge in [-0.25, -0.2) is 0 Å². The molecule has 2 aromatic carbocycles. The van der Waals surface area contributed by atoms with Crippen LogP contribution in [0.15, 0.2) is 91.2 Å². The summed E-state index contributed by atoms with van der Waals surface area (Å²) in [6.07, 6.45) is 10.9. The quantitative estimate of drug-likeness (QED) is 0.408. The number of carbonyl (C=O) groups is 2. The maximum absolute atomic E-state index is 13.7. The summed E-state index contributed by atoms with van der Waals surface area (Å²) in [7, 11) is 0. The van der Waals surface area contributed by atoms with Crippen molar-refractivity contribution in [2.75, 3.05) is 5.32 Å². The number of anilines is 1. The molecule has 3 aromatic rings. The number of allylic oxidation sites excluding steroid dienone is 3. The van der Waals surface area contributed by atoms with Crippen molar-refractivity contribution in [2.24, 2.45) is 11.8 Å². The Hall–Kier alpha value is -3.87. The molecule has 2 unspecified atom stereocenters. The zero-order chi connectivity index (χ0) is 28.1. The zero-order valence-corrected chi connectivity index (χ0v) is 22.8. The smallest absolute Gasteiger partial charge is 0.255 e. The normalized spacial score (nSPS) is 30.9. The molecule has 1 aromatic heterocycles. The van der Waals surface area contributed by atoms with Crippen LogP contribution < -0.4 is 5.32 Å². The molecule has 0 aliphatic heterocycles. The third kappa shape index (κ3) is 4.05. The lowest BCUT2D eigenvalue weighted by atomic mass is 9.46. The van der Waals surface area contributed by atoms with Gasteiger partial charge in [-0.15, -0.1) is 0 Å². The fraction of sp³-hybridized carbons (Fsp3) is 0.324. The summed E-state index contributed by atoms with van der Waals surface area (Å²) >= 11 is 0. The molecule has 3 N–H and O–H groups in total. The minimum absolute atomic E-state index is 0.0539. The van der Waals surface area contributed by atoms with Gasteiger partial charge in [0.25, 0.3) is 5.91 Å². The number of aliphatic hydroxyl groups is 2. The van der Waals surface area contributed by atoms with Gasteiger partial charge in [-0.3, -0.25) is 14.6 Å². The number of nitrogens with zero attached hydrogens (tertiary/aromatic N) is 1. The SMILES string of the molecule is Cc1ncccc1NC(=O)c1ccc2c(c1)C(=O)C[C@@H]1C[C@@](O)(C3C=CC=CC3)[C@](C)(O)CC21c1ccccc1. The minimum atomic E-state index is -1.44. The van der Waals surface area contributed by atoms with E-state index in [2.05, 4.69) is 10.3 Å². The van der Waals surface area contributed by atoms with Crippen molar-refractivity contribution in [1.82, 2.24) is 4.98 Å². The number of rotatable bonds is 4. The first-order valence-corrected chi connectivity index (χ1v) is 13.9. The van der Waals surface area contributed by atoms with Crippen molar-refractivity contribution < 1.29 is 19.8 Å². The average molecular weight is 535 g/mol. The van der Waals surface area contributed by atoms with Gasteiger partial charge in [0.1, 0.15) is 0 Å². The van der Waals surface area contributed by atoms with E-state index in [1.165, 1.54) is 0 Å². The van der Waals surface area contributed by atoms with Crippen LogP contribution in [0.5, 0.6) is 0 Å². The second-order valence-corrected chi connectivity index (χ2v) is 11.7. The minimum Gasteiger partial charge on any atom is -0.387 e. The lowest BCUT2D eigenvalue weighted by Gasteiger charge is -2.60. The lowest BCUT2D eigenvalue weighted by molar-refractivity contribution is -0.209. The van der Waals surface area contributed by atoms with Crippen LogP contribution in [-0.4, -0.2) is 38.1 Å². The van der Waals surface area contributed by atoms with Crippen LogP contribution in [0.3, 0.4) is 0 Å². The molecule has 6 nitrogen and oxygen atoms in total. The fourth-order valence-corrected chi connectivity index (χ4v) is 7.34. The van der Waals surface area contributed by atoms with E-state index in [0.717, 1.165) is 11.1 Å². The van der Waals surface area contributed by atoms with Crippen molar-refractivity contribution in [2.45, 2.75) is 56.1 Å². The highest BCUT2D eigenvalue weighted by atomic mass is 16.4. The standard InChI is InChI=1S/C34H34N2O4/c1-22-29(14-9-17-35-22)36-31(38)23-15-16-28-27(18-23)30(37)19-26-20-34(40,25-12-7-4-8-13-25)32(2,39)21-33(26,28)24-10-5-3-6-11-24/h3-12,14-18,25-26,39-40H,13,19-21H2,1-2H3,(H,36,38)/t25?,26-,32-,33?,34-/m1/s1. The van der Waals surface area contributed by atoms with Gasteiger partial charge in [0, 0.05) is 35.1 Å². The van der Waals surface area contributed by atoms with Gasteiger partial charge in [-0.1, -0.05) is 60.7 Å². The lowest BCUT2D eigenvalue weighted by Crippen LogP contribution is -2.67. The number of hydrogen-bond acceptors (Lipinski definition) is 5. The molecule has 204 valence electrons. The summed E-state index contributed by atoms with van der Waals surface area (Å²) in [5.41, 5.74) is 0.467. The maximum Gasteiger partial charge on any atom is 0.255 e. The second-order valence-electron chi connectivity index (χ2n) is 11.7. The molecule has 1 fully saturated rings. The van der Waals surface area contributed by atoms with Gasteiger partial charge in [-0.05, 0) is 74.4 Å². The maximum atomic E-state index is 13.7. The molecule has 1 amide bonds. The van der Waals surface area contributed by atoms with E-state index in [4.69, 9.17) is 0 Å². The number of ketones is 1. The zero-order valence-electron chi connectivity index (χ0n) is 22.8. The van der Waals surface area contributed by atoms with Gasteiger partial charge in [0.15, 0.2) is 5.78 Å². The number of carbonyl (C=O) groups excluding carboxylic acids is 2. The predicted molar refractivity (Wildman–Crippen MR) is 154 cm³/mol. The highest BCUT2D eigenvalue weighted by molar-refractivity contribution is 6.07. The number of amides is 1. The Morgan fingerprint density at radius 3 is 2.58 bits per heavy atom. The van der Waals surface area contributed by atoms with Gasteiger partial charge >= 0.3 is 0 Å². The van der Waals surface area contributed by atoms with Crippen LogP contribution >= 0.6 is 0 Å². The molecule has 3 aliphatic rings. The molecule has 0 saturated heterocycles. The number of benzene rings is 2. The Bertz CT molecular complexity index is 1540. The predicted octanol–water partition coefficient (Wildman–Crippen LogP) is 5.54. The van der Waals surface area contributed by atoms with E-state index < -0.39 is 16.6 Å². The van der Waals surface area contributed by atoms with Crippen molar-refractivity contribution in [3.63, 3.8) is 0 Å². The van der Waals surface area contributed by atoms with Crippen LogP contribution in [0.4, 0.5) is 5.69 Å². The first-order valence-electron chi connectivity index (χ1n) is 13.9. The van der Waals surface area contributed by atoms with Crippen molar-refractivity contribution in [3.8, 4) is 0 Å². The van der Waals surface area contributed by atoms with Crippen LogP contribution in [-0.2, 0) is 5.41 Å². The molecule has 6 heteroatoms. The molecule has 1 heterocycles. The Morgan fingerprint density at radius 2 is 1.85 bits per heavy atom. The number of pyridine rings is 1. The summed E-state index contributed by atoms with van der Waals surface area (Å²) in [5.74, 6) is -0.844. The van der Waals surface area contributed by atoms with Crippen LogP contribution in [0.2, 0.25) is 0 Å². The van der Waals surface area contributed by atoms with Gasteiger partial charge in [-0.2, -0.15) is 0 Å². The highest BCUT2D eigenvalue weighted by Crippen LogP contribution is 2.60.